The highest BCUT2D eigenvalue weighted by atomic mass is 16.9. The third-order valence-electron chi connectivity index (χ3n) is 28.1. The number of fused-ring (bicyclic) bond motifs is 8. The summed E-state index contributed by atoms with van der Waals surface area (Å²) in [5, 5.41) is 23.8. The van der Waals surface area contributed by atoms with Gasteiger partial charge in [-0.1, -0.05) is 0 Å². The molecule has 40 atom stereocenters. The van der Waals surface area contributed by atoms with Crippen LogP contribution in [0.5, 0.6) is 0 Å². The Labute approximate surface area is 840 Å². The van der Waals surface area contributed by atoms with E-state index in [2.05, 4.69) is 42.5 Å². The smallest absolute Gasteiger partial charge is 0.407 e. The molecule has 0 aliphatic carbocycles. The second-order valence-corrected chi connectivity index (χ2v) is 43.8. The van der Waals surface area contributed by atoms with Gasteiger partial charge in [0.25, 0.3) is 0 Å². The van der Waals surface area contributed by atoms with E-state index in [4.69, 9.17) is 161 Å². The maximum absolute atomic E-state index is 16.0. The number of carbonyl (C=O) groups is 9. The van der Waals surface area contributed by atoms with Gasteiger partial charge in [-0.25, -0.2) is 4.79 Å². The number of hydrogen-bond donors (Lipinski definition) is 8. The highest BCUT2D eigenvalue weighted by molar-refractivity contribution is 5.85. The predicted molar refractivity (Wildman–Crippen MR) is 482 cm³/mol. The largest absolute Gasteiger partial charge is 0.469 e. The molecule has 8 unspecified atom stereocenters. The van der Waals surface area contributed by atoms with Gasteiger partial charge in [0, 0.05) is 102 Å². The Kier molecular flexibility index (Phi) is 33.0. The second-order valence-electron chi connectivity index (χ2n) is 43.8. The quantitative estimate of drug-likeness (QED) is 0.0365. The minimum atomic E-state index is -1.46. The van der Waals surface area contributed by atoms with Crippen molar-refractivity contribution < 1.29 is 204 Å². The minimum Gasteiger partial charge on any atom is -0.469 e. The van der Waals surface area contributed by atoms with Crippen LogP contribution in [0.25, 0.3) is 0 Å². The average molecular weight is 2080 g/mol. The molecule has 51 heteroatoms. The first-order valence-corrected chi connectivity index (χ1v) is 49.4. The highest BCUT2D eigenvalue weighted by Gasteiger charge is 2.67. The fourth-order valence-corrected chi connectivity index (χ4v) is 22.7. The normalized spacial score (nSPS) is 40.1. The molecule has 0 radical (unpaired) electrons. The van der Waals surface area contributed by atoms with E-state index in [1.54, 1.807) is 132 Å². The molecule has 8 amide bonds. The number of ether oxygens (including phenoxy) is 34. The van der Waals surface area contributed by atoms with Gasteiger partial charge in [-0.2, -0.15) is 0 Å². The fraction of sp³-hybridized carbons (Fsp3) is 0.904. The topological polar surface area (TPSA) is 564 Å². The van der Waals surface area contributed by atoms with Crippen molar-refractivity contribution in [3.63, 3.8) is 0 Å². The Morgan fingerprint density at radius 2 is 0.359 bits per heavy atom. The third-order valence-corrected chi connectivity index (χ3v) is 28.1. The Morgan fingerprint density at radius 1 is 0.221 bits per heavy atom. The number of hydrogen-bond acceptors (Lipinski definition) is 43. The molecule has 16 aliphatic heterocycles. The van der Waals surface area contributed by atoms with Crippen molar-refractivity contribution in [2.24, 2.45) is 0 Å². The maximum atomic E-state index is 16.0. The summed E-state index contributed by atoms with van der Waals surface area (Å²) in [5.74, 6) is -15.7. The molecule has 0 bridgehead atoms. The van der Waals surface area contributed by atoms with Crippen LogP contribution in [0, 0.1) is 0 Å². The van der Waals surface area contributed by atoms with Crippen molar-refractivity contribution in [1.29, 1.82) is 0 Å². The highest BCUT2D eigenvalue weighted by Crippen LogP contribution is 2.50. The summed E-state index contributed by atoms with van der Waals surface area (Å²) in [6, 6.07) is -10.8. The van der Waals surface area contributed by atoms with Crippen LogP contribution in [0.4, 0.5) is 4.79 Å². The molecule has 0 aromatic carbocycles. The first-order valence-electron chi connectivity index (χ1n) is 49.4. The van der Waals surface area contributed by atoms with Crippen LogP contribution in [0.2, 0.25) is 0 Å². The van der Waals surface area contributed by atoms with E-state index in [1.807, 2.05) is 0 Å². The SMILES string of the molecule is COC(=O)CC(NC(=O)CC(NC(=O)CC(NC(=O)CC(NC(=O)CC(NC(=O)CC(NC(=O)CC(NC(=O)CC(NC(=O)OC(C)(C)C)[C@H]1O[C@@H]2OC(C)(C)O[C@@H]2[C@H]1OC)[C@@H]1O[C@@H]2OC(C)(C)O[C@@H]2[C@H]1OC)[C@H]1O[C@@H]2OC(C)(C)O[C@@H]2[C@H]1OC)[C@@H]1O[C@@H]2OC(C)(C)O[C@@H]2[C@H]1OC)[C@H]1O[C@@H]2OC(C)(C)O[C@@H]2[C@H]1OC)[C@@H]1O[C@@H]2OC(C)(C)O[C@@H]2[C@H]1OC)[C@H]1O[C@@H]2OC(C)(C)O[C@@H]2[C@H]1OC)[C@@H]1O[C@@H]2OC(C)(C)O[C@@H]2[C@H]1OC. The molecule has 16 saturated heterocycles. The van der Waals surface area contributed by atoms with Gasteiger partial charge in [-0.3, -0.25) is 38.4 Å². The van der Waals surface area contributed by atoms with Gasteiger partial charge in [-0.15, -0.1) is 0 Å². The molecule has 822 valence electrons. The fourth-order valence-electron chi connectivity index (χ4n) is 22.7. The van der Waals surface area contributed by atoms with Crippen LogP contribution < -0.4 is 42.5 Å². The molecule has 16 aliphatic rings. The van der Waals surface area contributed by atoms with Gasteiger partial charge in [0.05, 0.1) is 61.9 Å². The van der Waals surface area contributed by atoms with Crippen molar-refractivity contribution in [1.82, 2.24) is 42.5 Å². The first kappa shape index (κ1) is 111. The lowest BCUT2D eigenvalue weighted by atomic mass is 9.95. The Hall–Kier alpha value is -6.25. The van der Waals surface area contributed by atoms with Crippen LogP contribution in [-0.4, -0.2) is 414 Å². The standard InChI is InChI=1S/C94H148N8O43/c1-86(2,3)145-85(111)102-43(59-67(119-27)75-83(127-59)143-93(16,17)135-75)35-51(109)100-41(57-65(117-25)73-81(125-57)141-91(12,13)133-73)33-49(107)98-39(55-63(115-23)71-79(123-55)139-89(8,9)131-71)31-47(105)96-37(53-61(113-21)69-77(121-53)137-87(4,5)129-69)29-45(103)95-38(54-62(114-22)70-78(122-54)138-88(6,7)130-70)30-46(104)97-40(56-64(116-24)72-80(124-56)140-90(10,11)132-72)32-48(106)99-42(58-66(118-26)74-82(126-58)142-92(14,15)134-74)34-50(108)101-44(36-52(110)112-20)60-68(120-28)76-84(128-60)144-94(18,19)136-76/h37-44,53-84H,29-36H2,1-28H3,(H,95,103)(H,96,105)(H,97,104)(H,98,107)(H,99,106)(H,100,109)(H,101,108)(H,102,111)/t37?,38?,39?,40?,41?,42?,43?,44?,53-,54+,55+,56-,57-,58+,59+,60-,61-,62-,63-,64-,65-,66-,67-,68-,69+,70+,71+,72+,73+,74+,75+,76+,77+,78+,79+,80+,81+,82+,83+,84+/m0/s1. The number of alkyl carbamates (subject to hydrolysis) is 1. The second kappa shape index (κ2) is 43.0. The van der Waals surface area contributed by atoms with E-state index < -0.39 is 402 Å². The zero-order chi connectivity index (χ0) is 105. The van der Waals surface area contributed by atoms with Crippen LogP contribution in [0.15, 0.2) is 0 Å². The van der Waals surface area contributed by atoms with E-state index in [0.717, 1.165) is 0 Å². The van der Waals surface area contributed by atoms with Gasteiger partial charge >= 0.3 is 12.1 Å². The Morgan fingerprint density at radius 3 is 0.490 bits per heavy atom. The zero-order valence-corrected chi connectivity index (χ0v) is 87.3. The number of amides is 8. The van der Waals surface area contributed by atoms with Crippen molar-refractivity contribution in [3.05, 3.63) is 0 Å². The molecule has 0 saturated carbocycles. The van der Waals surface area contributed by atoms with Gasteiger partial charge in [0.15, 0.2) is 96.6 Å². The lowest BCUT2D eigenvalue weighted by molar-refractivity contribution is -0.221. The van der Waals surface area contributed by atoms with Crippen molar-refractivity contribution in [3.8, 4) is 0 Å². The molecule has 145 heavy (non-hydrogen) atoms. The number of nitrogens with one attached hydrogen (secondary N) is 8. The van der Waals surface area contributed by atoms with E-state index in [9.17, 15) is 9.59 Å². The van der Waals surface area contributed by atoms with E-state index >= 15 is 33.6 Å². The van der Waals surface area contributed by atoms with Crippen molar-refractivity contribution in [2.45, 2.75) is 480 Å². The summed E-state index contributed by atoms with van der Waals surface area (Å²) in [6.45, 7) is 31.9. The lowest BCUT2D eigenvalue weighted by Crippen LogP contribution is -2.58. The third kappa shape index (κ3) is 24.7. The van der Waals surface area contributed by atoms with Gasteiger partial charge in [0.2, 0.25) is 41.4 Å². The summed E-state index contributed by atoms with van der Waals surface area (Å²) >= 11 is 0. The summed E-state index contributed by atoms with van der Waals surface area (Å²) in [4.78, 5) is 136. The zero-order valence-electron chi connectivity index (χ0n) is 87.3. The van der Waals surface area contributed by atoms with E-state index in [1.165, 1.54) is 64.0 Å². The molecule has 0 aromatic rings. The Balaban J connectivity index is 0.683. The summed E-state index contributed by atoms with van der Waals surface area (Å²) < 4.78 is 212. The molecular weight excluding hydrogens is 1930 g/mol. The number of carbonyl (C=O) groups excluding carboxylic acids is 9. The molecule has 16 heterocycles. The van der Waals surface area contributed by atoms with Crippen molar-refractivity contribution in [2.75, 3.05) is 64.0 Å². The summed E-state index contributed by atoms with van der Waals surface area (Å²) in [6.07, 6.45) is -39.4. The van der Waals surface area contributed by atoms with E-state index in [0.29, 0.717) is 0 Å². The van der Waals surface area contributed by atoms with Crippen LogP contribution in [0.3, 0.4) is 0 Å². The van der Waals surface area contributed by atoms with Crippen LogP contribution in [0.1, 0.15) is 183 Å². The van der Waals surface area contributed by atoms with Crippen LogP contribution in [-0.2, 0) is 199 Å². The first-order chi connectivity index (χ1) is 67.9. The summed E-state index contributed by atoms with van der Waals surface area (Å²) in [5.41, 5.74) is -0.994. The Bertz CT molecular complexity index is 4510. The van der Waals surface area contributed by atoms with Crippen LogP contribution >= 0.6 is 0 Å². The van der Waals surface area contributed by atoms with Crippen molar-refractivity contribution >= 4 is 53.4 Å². The number of rotatable bonds is 40. The summed E-state index contributed by atoms with van der Waals surface area (Å²) in [7, 11) is 12.4. The predicted octanol–water partition coefficient (Wildman–Crippen LogP) is -0.302. The number of methoxy groups -OCH3 is 9. The molecular formula is C94H148N8O43. The van der Waals surface area contributed by atoms with Gasteiger partial charge < -0.3 is 204 Å². The van der Waals surface area contributed by atoms with Gasteiger partial charge in [0.1, 0.15) is 152 Å². The minimum absolute atomic E-state index is 0.416. The molecule has 51 nitrogen and oxygen atoms in total. The molecule has 0 aromatic heterocycles. The maximum Gasteiger partial charge on any atom is 0.407 e. The average Bonchev–Trinajstić information content (AvgIpc) is 1.63. The molecule has 16 fully saturated rings. The number of esters is 1. The molecule has 8 N–H and O–H groups in total. The molecule has 16 rings (SSSR count). The lowest BCUT2D eigenvalue weighted by Gasteiger charge is -2.35. The van der Waals surface area contributed by atoms with E-state index in [-0.39, 0.29) is 0 Å². The van der Waals surface area contributed by atoms with Gasteiger partial charge in [-0.05, 0) is 132 Å². The monoisotopic (exact) mass is 2080 g/mol. The molecule has 0 spiro atoms.